The number of halogens is 3. The minimum atomic E-state index is -2.48. The molecule has 0 aromatic carbocycles. The highest BCUT2D eigenvalue weighted by Gasteiger charge is 2.29. The van der Waals surface area contributed by atoms with Crippen molar-refractivity contribution in [2.75, 3.05) is 13.1 Å². The monoisotopic (exact) mass is 255 g/mol. The van der Waals surface area contributed by atoms with Crippen LogP contribution in [-0.4, -0.2) is 34.1 Å². The van der Waals surface area contributed by atoms with E-state index in [4.69, 9.17) is 0 Å². The Morgan fingerprint density at radius 2 is 1.92 bits per heavy atom. The Labute approximate surface area is 84.6 Å². The third-order valence-electron chi connectivity index (χ3n) is 2.13. The summed E-state index contributed by atoms with van der Waals surface area (Å²) in [6.45, 7) is 1.34. The number of hydrogen-bond donors (Lipinski definition) is 1. The topological polar surface area (TPSA) is 23.5 Å². The predicted octanol–water partition coefficient (Wildman–Crippen LogP) is 1.94. The lowest BCUT2D eigenvalue weighted by atomic mass is 9.92. The SMILES string of the molecule is OC1(C=CC(F)F)CCN(Br)CC1. The molecule has 1 aliphatic rings. The molecular formula is C8H12BrF2NO. The van der Waals surface area contributed by atoms with E-state index >= 15 is 0 Å². The van der Waals surface area contributed by atoms with Gasteiger partial charge in [-0.3, -0.25) is 0 Å². The summed E-state index contributed by atoms with van der Waals surface area (Å²) in [5.41, 5.74) is -1.04. The van der Waals surface area contributed by atoms with Crippen molar-refractivity contribution in [2.45, 2.75) is 24.9 Å². The number of hydrogen-bond acceptors (Lipinski definition) is 2. The molecule has 1 aliphatic heterocycles. The van der Waals surface area contributed by atoms with E-state index < -0.39 is 12.0 Å². The van der Waals surface area contributed by atoms with Gasteiger partial charge in [0.05, 0.1) is 5.60 Å². The number of allylic oxidation sites excluding steroid dienone is 1. The lowest BCUT2D eigenvalue weighted by molar-refractivity contribution is 0.0415. The Morgan fingerprint density at radius 3 is 2.38 bits per heavy atom. The third-order valence-corrected chi connectivity index (χ3v) is 2.84. The molecule has 0 amide bonds. The van der Waals surface area contributed by atoms with Gasteiger partial charge in [-0.2, -0.15) is 0 Å². The molecule has 2 nitrogen and oxygen atoms in total. The average molecular weight is 256 g/mol. The van der Waals surface area contributed by atoms with Crippen LogP contribution in [0.15, 0.2) is 12.2 Å². The zero-order chi connectivity index (χ0) is 9.90. The van der Waals surface area contributed by atoms with Crippen LogP contribution in [0.25, 0.3) is 0 Å². The molecule has 0 spiro atoms. The van der Waals surface area contributed by atoms with E-state index in [1.165, 1.54) is 6.08 Å². The maximum absolute atomic E-state index is 11.8. The molecule has 1 rings (SSSR count). The maximum atomic E-state index is 11.8. The van der Waals surface area contributed by atoms with Gasteiger partial charge in [0, 0.05) is 29.2 Å². The number of alkyl halides is 2. The standard InChI is InChI=1S/C8H12BrF2NO/c9-12-5-3-8(13,4-6-12)2-1-7(10)11/h1-2,7,13H,3-6H2. The molecular weight excluding hydrogens is 244 g/mol. The summed E-state index contributed by atoms with van der Waals surface area (Å²) in [5.74, 6) is 0. The number of aliphatic hydroxyl groups is 1. The molecule has 0 unspecified atom stereocenters. The van der Waals surface area contributed by atoms with Gasteiger partial charge in [-0.25, -0.2) is 12.7 Å². The first-order valence-electron chi connectivity index (χ1n) is 4.12. The van der Waals surface area contributed by atoms with Gasteiger partial charge >= 0.3 is 0 Å². The zero-order valence-corrected chi connectivity index (χ0v) is 8.67. The summed E-state index contributed by atoms with van der Waals surface area (Å²) in [7, 11) is 0. The van der Waals surface area contributed by atoms with E-state index in [0.29, 0.717) is 25.9 Å². The van der Waals surface area contributed by atoms with E-state index in [9.17, 15) is 13.9 Å². The number of rotatable bonds is 2. The highest BCUT2D eigenvalue weighted by molar-refractivity contribution is 9.07. The molecule has 13 heavy (non-hydrogen) atoms. The fraction of sp³-hybridized carbons (Fsp3) is 0.750. The summed E-state index contributed by atoms with van der Waals surface area (Å²) >= 11 is 3.27. The van der Waals surface area contributed by atoms with Gasteiger partial charge in [-0.05, 0) is 18.9 Å². The van der Waals surface area contributed by atoms with Gasteiger partial charge < -0.3 is 5.11 Å². The van der Waals surface area contributed by atoms with Crippen molar-refractivity contribution >= 4 is 16.1 Å². The van der Waals surface area contributed by atoms with Gasteiger partial charge in [0.1, 0.15) is 0 Å². The molecule has 1 saturated heterocycles. The highest BCUT2D eigenvalue weighted by atomic mass is 79.9. The third kappa shape index (κ3) is 3.70. The Kier molecular flexibility index (Phi) is 3.82. The summed E-state index contributed by atoms with van der Waals surface area (Å²) in [6.07, 6.45) is 0.468. The summed E-state index contributed by atoms with van der Waals surface area (Å²) in [5, 5.41) is 9.77. The molecule has 1 N–H and O–H groups in total. The van der Waals surface area contributed by atoms with Gasteiger partial charge in [-0.15, -0.1) is 0 Å². The van der Waals surface area contributed by atoms with Crippen LogP contribution in [0.2, 0.25) is 0 Å². The van der Waals surface area contributed by atoms with Crippen molar-refractivity contribution in [3.8, 4) is 0 Å². The van der Waals surface area contributed by atoms with Crippen LogP contribution in [-0.2, 0) is 0 Å². The van der Waals surface area contributed by atoms with Crippen LogP contribution in [0, 0.1) is 0 Å². The molecule has 76 valence electrons. The Bertz CT molecular complexity index is 191. The molecule has 0 saturated carbocycles. The molecule has 0 aliphatic carbocycles. The quantitative estimate of drug-likeness (QED) is 0.603. The van der Waals surface area contributed by atoms with Crippen LogP contribution < -0.4 is 0 Å². The first-order valence-corrected chi connectivity index (χ1v) is 4.83. The van der Waals surface area contributed by atoms with Crippen molar-refractivity contribution in [1.29, 1.82) is 0 Å². The molecule has 0 bridgehead atoms. The number of nitrogens with zero attached hydrogens (tertiary/aromatic N) is 1. The first kappa shape index (κ1) is 11.1. The summed E-state index contributed by atoms with van der Waals surface area (Å²) < 4.78 is 25.5. The lowest BCUT2D eigenvalue weighted by Gasteiger charge is -2.33. The van der Waals surface area contributed by atoms with Gasteiger partial charge in [0.25, 0.3) is 6.43 Å². The molecule has 0 aromatic rings. The zero-order valence-electron chi connectivity index (χ0n) is 7.09. The molecule has 0 atom stereocenters. The normalized spacial score (nSPS) is 24.4. The minimum absolute atomic E-state index is 0.488. The maximum Gasteiger partial charge on any atom is 0.257 e. The van der Waals surface area contributed by atoms with Crippen molar-refractivity contribution in [2.24, 2.45) is 0 Å². The van der Waals surface area contributed by atoms with Crippen molar-refractivity contribution in [1.82, 2.24) is 3.93 Å². The van der Waals surface area contributed by atoms with Gasteiger partial charge in [-0.1, -0.05) is 6.08 Å². The van der Waals surface area contributed by atoms with Crippen molar-refractivity contribution in [3.05, 3.63) is 12.2 Å². The lowest BCUT2D eigenvalue weighted by Crippen LogP contribution is -2.39. The Balaban J connectivity index is 2.47. The summed E-state index contributed by atoms with van der Waals surface area (Å²) in [6, 6.07) is 0. The van der Waals surface area contributed by atoms with Gasteiger partial charge in [0.2, 0.25) is 0 Å². The van der Waals surface area contributed by atoms with E-state index in [1.54, 1.807) is 0 Å². The predicted molar refractivity (Wildman–Crippen MR) is 49.8 cm³/mol. The van der Waals surface area contributed by atoms with E-state index in [0.717, 1.165) is 6.08 Å². The van der Waals surface area contributed by atoms with E-state index in [1.807, 2.05) is 3.93 Å². The van der Waals surface area contributed by atoms with Crippen molar-refractivity contribution < 1.29 is 13.9 Å². The molecule has 0 radical (unpaired) electrons. The molecule has 1 fully saturated rings. The van der Waals surface area contributed by atoms with Crippen LogP contribution in [0.1, 0.15) is 12.8 Å². The van der Waals surface area contributed by atoms with Crippen LogP contribution in [0.3, 0.4) is 0 Å². The van der Waals surface area contributed by atoms with Crippen LogP contribution in [0.5, 0.6) is 0 Å². The largest absolute Gasteiger partial charge is 0.386 e. The molecule has 5 heteroatoms. The van der Waals surface area contributed by atoms with E-state index in [-0.39, 0.29) is 0 Å². The average Bonchev–Trinajstić information content (AvgIpc) is 2.08. The summed E-state index contributed by atoms with van der Waals surface area (Å²) in [4.78, 5) is 0. The smallest absolute Gasteiger partial charge is 0.257 e. The number of piperidine rings is 1. The highest BCUT2D eigenvalue weighted by Crippen LogP contribution is 2.25. The fourth-order valence-corrected chi connectivity index (χ4v) is 1.64. The second-order valence-corrected chi connectivity index (χ2v) is 4.21. The van der Waals surface area contributed by atoms with Crippen molar-refractivity contribution in [3.63, 3.8) is 0 Å². The second kappa shape index (κ2) is 4.48. The minimum Gasteiger partial charge on any atom is -0.386 e. The van der Waals surface area contributed by atoms with E-state index in [2.05, 4.69) is 16.1 Å². The van der Waals surface area contributed by atoms with Crippen LogP contribution >= 0.6 is 16.1 Å². The second-order valence-electron chi connectivity index (χ2n) is 3.21. The molecule has 0 aromatic heterocycles. The molecule has 1 heterocycles. The van der Waals surface area contributed by atoms with Crippen LogP contribution in [0.4, 0.5) is 8.78 Å². The Hall–Kier alpha value is -0.0000000000000000555. The Morgan fingerprint density at radius 1 is 1.38 bits per heavy atom. The fourth-order valence-electron chi connectivity index (χ4n) is 1.29. The first-order chi connectivity index (χ1) is 6.02. The van der Waals surface area contributed by atoms with Gasteiger partial charge in [0.15, 0.2) is 0 Å².